The Morgan fingerprint density at radius 2 is 0.245 bits per heavy atom. The first-order valence-corrected chi connectivity index (χ1v) is 22.8. The van der Waals surface area contributed by atoms with Gasteiger partial charge in [-0.3, -0.25) is 0 Å². The molecule has 0 aromatic rings. The minimum Gasteiger partial charge on any atom is -0.306 e. The highest BCUT2D eigenvalue weighted by Crippen LogP contribution is 2.15. The molecule has 0 N–H and O–H groups in total. The Balaban J connectivity index is -0.000000107. The summed E-state index contributed by atoms with van der Waals surface area (Å²) in [6, 6.07) is 0. The van der Waals surface area contributed by atoms with Crippen LogP contribution in [0.25, 0.3) is 0 Å². The van der Waals surface area contributed by atoms with Gasteiger partial charge in [0, 0.05) is 0 Å². The number of rotatable bonds is 0. The molecule has 4 nitrogen and oxygen atoms in total. The van der Waals surface area contributed by atoms with Crippen molar-refractivity contribution >= 4 is 0 Å². The summed E-state index contributed by atoms with van der Waals surface area (Å²) in [5.41, 5.74) is 0. The van der Waals surface area contributed by atoms with Crippen LogP contribution in [0.3, 0.4) is 0 Å². The average molecular weight is 703 g/mol. The van der Waals surface area contributed by atoms with E-state index in [9.17, 15) is 0 Å². The van der Waals surface area contributed by atoms with Gasteiger partial charge in [0.25, 0.3) is 0 Å². The van der Waals surface area contributed by atoms with Crippen molar-refractivity contribution in [3.8, 4) is 0 Å². The summed E-state index contributed by atoms with van der Waals surface area (Å²) in [5, 5.41) is 0. The van der Waals surface area contributed by atoms with Gasteiger partial charge >= 0.3 is 0 Å². The molecule has 6 aliphatic rings. The van der Waals surface area contributed by atoms with Gasteiger partial charge < -0.3 is 19.6 Å². The van der Waals surface area contributed by atoms with E-state index in [0.29, 0.717) is 0 Å². The molecule has 4 saturated heterocycles. The smallest absolute Gasteiger partial charge is 0.00213 e. The lowest BCUT2D eigenvalue weighted by Crippen LogP contribution is -2.24. The summed E-state index contributed by atoms with van der Waals surface area (Å²) in [7, 11) is 8.73. The molecule has 6 rings (SSSR count). The van der Waals surface area contributed by atoms with Crippen LogP contribution in [0.4, 0.5) is 0 Å². The zero-order valence-electron chi connectivity index (χ0n) is 38.3. The molecule has 4 heteroatoms. The molecule has 0 amide bonds. The van der Waals surface area contributed by atoms with Gasteiger partial charge in [-0.1, -0.05) is 167 Å². The lowest BCUT2D eigenvalue weighted by Gasteiger charge is -2.20. The standard InChI is InChI=1S/2C6H13N.C6H12.2C5H11N.C5H10.6C2H6/c2*1-7-5-3-2-4-6-7;1-2-4-6-5-3-1;2*1-6-4-2-3-5-6;1-2-4-5-3-1;6*1-2/h2*2-6H2,1H3;1-6H2;2*2-5H2,1H3;1-5H2;6*1-2H3. The SMILES string of the molecule is C1CCCC1.C1CCCCC1.CC.CC.CC.CC.CC.CC.CN1CCCC1.CN1CCCC1.CN1CCCCC1.CN1CCCCC1. The fourth-order valence-corrected chi connectivity index (χ4v) is 5.80. The normalized spacial score (nSPS) is 19.6. The van der Waals surface area contributed by atoms with Crippen LogP contribution >= 0.6 is 0 Å². The molecule has 6 fully saturated rings. The zero-order chi connectivity index (χ0) is 38.8. The zero-order valence-corrected chi connectivity index (χ0v) is 38.3. The lowest BCUT2D eigenvalue weighted by atomic mass is 10.0. The third-order valence-electron chi connectivity index (χ3n) is 8.57. The highest BCUT2D eigenvalue weighted by atomic mass is 15.1. The molecule has 4 heterocycles. The predicted molar refractivity (Wildman–Crippen MR) is 235 cm³/mol. The molecule has 0 bridgehead atoms. The second-order valence-electron chi connectivity index (χ2n) is 12.6. The quantitative estimate of drug-likeness (QED) is 0.249. The Hall–Kier alpha value is -0.160. The molecule has 2 aliphatic carbocycles. The summed E-state index contributed by atoms with van der Waals surface area (Å²) in [6.07, 6.45) is 30.7. The van der Waals surface area contributed by atoms with Gasteiger partial charge in [0.1, 0.15) is 0 Å². The van der Waals surface area contributed by atoms with Gasteiger partial charge in [0.15, 0.2) is 0 Å². The number of nitrogens with zero attached hydrogens (tertiary/aromatic N) is 4. The van der Waals surface area contributed by atoms with Crippen molar-refractivity contribution in [3.63, 3.8) is 0 Å². The first-order chi connectivity index (χ1) is 24.1. The average Bonchev–Trinajstić information content (AvgIpc) is 4.03. The van der Waals surface area contributed by atoms with E-state index in [1.807, 2.05) is 83.1 Å². The van der Waals surface area contributed by atoms with Crippen LogP contribution in [0.5, 0.6) is 0 Å². The van der Waals surface area contributed by atoms with E-state index < -0.39 is 0 Å². The topological polar surface area (TPSA) is 13.0 Å². The molecule has 0 atom stereocenters. The van der Waals surface area contributed by atoms with Gasteiger partial charge in [-0.2, -0.15) is 0 Å². The fraction of sp³-hybridized carbons (Fsp3) is 1.00. The molecule has 0 aromatic carbocycles. The summed E-state index contributed by atoms with van der Waals surface area (Å²) >= 11 is 0. The van der Waals surface area contributed by atoms with Gasteiger partial charge in [0.2, 0.25) is 0 Å². The van der Waals surface area contributed by atoms with Crippen molar-refractivity contribution in [3.05, 3.63) is 0 Å². The van der Waals surface area contributed by atoms with Gasteiger partial charge in [0.05, 0.1) is 0 Å². The number of piperidine rings is 2. The Labute approximate surface area is 317 Å². The molecule has 0 aromatic heterocycles. The van der Waals surface area contributed by atoms with E-state index in [0.717, 1.165) is 0 Å². The highest BCUT2D eigenvalue weighted by molar-refractivity contribution is 4.61. The van der Waals surface area contributed by atoms with E-state index in [1.165, 1.54) is 187 Å². The van der Waals surface area contributed by atoms with Crippen molar-refractivity contribution in [1.29, 1.82) is 0 Å². The van der Waals surface area contributed by atoms with Crippen molar-refractivity contribution in [1.82, 2.24) is 19.6 Å². The first kappa shape index (κ1) is 60.9. The van der Waals surface area contributed by atoms with Crippen LogP contribution in [0.1, 0.15) is 218 Å². The van der Waals surface area contributed by atoms with E-state index >= 15 is 0 Å². The summed E-state index contributed by atoms with van der Waals surface area (Å²) < 4.78 is 0. The molecule has 49 heavy (non-hydrogen) atoms. The van der Waals surface area contributed by atoms with Crippen LogP contribution in [0.15, 0.2) is 0 Å². The molecular formula is C45H106N4. The Bertz CT molecular complexity index is 378. The predicted octanol–water partition coefficient (Wildman–Crippen LogP) is 14.1. The lowest BCUT2D eigenvalue weighted by molar-refractivity contribution is 0.277. The van der Waals surface area contributed by atoms with Crippen molar-refractivity contribution in [2.45, 2.75) is 218 Å². The van der Waals surface area contributed by atoms with Crippen molar-refractivity contribution in [2.24, 2.45) is 0 Å². The molecule has 306 valence electrons. The molecule has 2 saturated carbocycles. The Kier molecular flexibility index (Phi) is 78.2. The van der Waals surface area contributed by atoms with Crippen LogP contribution in [0.2, 0.25) is 0 Å². The molecule has 0 radical (unpaired) electrons. The molecular weight excluding hydrogens is 597 g/mol. The Morgan fingerprint density at radius 3 is 0.306 bits per heavy atom. The third kappa shape index (κ3) is 60.3. The van der Waals surface area contributed by atoms with E-state index in [-0.39, 0.29) is 0 Å². The van der Waals surface area contributed by atoms with E-state index in [2.05, 4.69) is 47.8 Å². The second kappa shape index (κ2) is 62.9. The number of hydrogen-bond acceptors (Lipinski definition) is 4. The second-order valence-corrected chi connectivity index (χ2v) is 12.6. The van der Waals surface area contributed by atoms with Crippen molar-refractivity contribution < 1.29 is 0 Å². The van der Waals surface area contributed by atoms with Gasteiger partial charge in [-0.05, 0) is 132 Å². The van der Waals surface area contributed by atoms with Crippen molar-refractivity contribution in [2.75, 3.05) is 80.5 Å². The van der Waals surface area contributed by atoms with Crippen LogP contribution in [-0.2, 0) is 0 Å². The van der Waals surface area contributed by atoms with Crippen LogP contribution in [-0.4, -0.2) is 100 Å². The summed E-state index contributed by atoms with van der Waals surface area (Å²) in [4.78, 5) is 9.51. The first-order valence-electron chi connectivity index (χ1n) is 22.8. The van der Waals surface area contributed by atoms with Crippen LogP contribution < -0.4 is 0 Å². The molecule has 4 aliphatic heterocycles. The summed E-state index contributed by atoms with van der Waals surface area (Å²) in [6.45, 7) is 34.6. The fourth-order valence-electron chi connectivity index (χ4n) is 5.80. The van der Waals surface area contributed by atoms with Gasteiger partial charge in [-0.15, -0.1) is 0 Å². The van der Waals surface area contributed by atoms with Crippen LogP contribution in [0, 0.1) is 0 Å². The highest BCUT2D eigenvalue weighted by Gasteiger charge is 2.05. The van der Waals surface area contributed by atoms with E-state index in [4.69, 9.17) is 0 Å². The third-order valence-corrected chi connectivity index (χ3v) is 8.57. The summed E-state index contributed by atoms with van der Waals surface area (Å²) in [5.74, 6) is 0. The van der Waals surface area contributed by atoms with Gasteiger partial charge in [-0.25, -0.2) is 0 Å². The minimum atomic E-state index is 1.32. The Morgan fingerprint density at radius 1 is 0.163 bits per heavy atom. The maximum Gasteiger partial charge on any atom is -0.00213 e. The largest absolute Gasteiger partial charge is 0.306 e. The maximum absolute atomic E-state index is 2.39. The maximum atomic E-state index is 2.39. The number of hydrogen-bond donors (Lipinski definition) is 0. The molecule has 0 unspecified atom stereocenters. The minimum absolute atomic E-state index is 1.32. The number of likely N-dealkylation sites (tertiary alicyclic amines) is 4. The monoisotopic (exact) mass is 703 g/mol. The van der Waals surface area contributed by atoms with E-state index in [1.54, 1.807) is 0 Å². The molecule has 0 spiro atoms.